The van der Waals surface area contributed by atoms with Gasteiger partial charge in [-0.05, 0) is 0 Å². The van der Waals surface area contributed by atoms with Gasteiger partial charge in [-0.25, -0.2) is 0 Å². The Morgan fingerprint density at radius 2 is 0.600 bits per heavy atom. The fourth-order valence-electron chi connectivity index (χ4n) is 0. The Kier molecular flexibility index (Phi) is 39.4. The van der Waals surface area contributed by atoms with Crippen LogP contribution < -0.4 is 0 Å². The molecule has 0 spiro atoms. The first-order valence-electron chi connectivity index (χ1n) is 3.00. The normalized spacial score (nSPS) is 7.20. The maximum Gasteiger partial charge on any atom is 0.0379 e. The largest absolute Gasteiger partial charge is 0.0715 e. The van der Waals surface area contributed by atoms with E-state index in [2.05, 4.69) is 39.3 Å². The predicted octanol–water partition coefficient (Wildman–Crippen LogP) is 2.47. The summed E-state index contributed by atoms with van der Waals surface area (Å²) in [5.41, 5.74) is 0. The van der Waals surface area contributed by atoms with E-state index in [0.717, 1.165) is 0 Å². The zero-order valence-electron chi connectivity index (χ0n) is 7.89. The van der Waals surface area contributed by atoms with Crippen molar-refractivity contribution in [3.63, 3.8) is 0 Å². The van der Waals surface area contributed by atoms with Crippen molar-refractivity contribution in [2.75, 3.05) is 0 Å². The smallest absolute Gasteiger partial charge is 0.0379 e. The molecule has 0 fully saturated rings. The van der Waals surface area contributed by atoms with E-state index in [1.54, 1.807) is 0 Å². The molecule has 0 aliphatic carbocycles. The van der Waals surface area contributed by atoms with Crippen molar-refractivity contribution in [1.82, 2.24) is 0 Å². The molecule has 0 bridgehead atoms. The van der Waals surface area contributed by atoms with Crippen LogP contribution in [0.4, 0.5) is 0 Å². The first-order valence-corrected chi connectivity index (χ1v) is 9.00. The van der Waals surface area contributed by atoms with E-state index in [9.17, 15) is 0 Å². The van der Waals surface area contributed by atoms with Crippen LogP contribution in [0.1, 0.15) is 2.85 Å². The molecular weight excluding hydrogens is 546 g/mol. The molecule has 0 rings (SSSR count). The summed E-state index contributed by atoms with van der Waals surface area (Å²) in [6.45, 7) is 13.6. The zero-order valence-corrected chi connectivity index (χ0v) is 16.8. The van der Waals surface area contributed by atoms with Gasteiger partial charge in [0.05, 0.1) is 0 Å². The van der Waals surface area contributed by atoms with Crippen LogP contribution in [0.25, 0.3) is 0 Å². The summed E-state index contributed by atoms with van der Waals surface area (Å²) >= 11 is 0. The van der Waals surface area contributed by atoms with E-state index >= 15 is 0 Å². The third-order valence-electron chi connectivity index (χ3n) is 0. The Labute approximate surface area is 111 Å². The fraction of sp³-hybridized carbons (Fsp3) is 1.00. The molecular formula is C6H22Bi2Si2. The Morgan fingerprint density at radius 1 is 0.600 bits per heavy atom. The van der Waals surface area contributed by atoms with E-state index < -0.39 is 0 Å². The van der Waals surface area contributed by atoms with E-state index in [4.69, 9.17) is 0 Å². The Bertz CT molecular complexity index is 37.0. The molecule has 4 heteroatoms. The first kappa shape index (κ1) is 22.8. The van der Waals surface area contributed by atoms with Gasteiger partial charge in [0.15, 0.2) is 0 Å². The van der Waals surface area contributed by atoms with Gasteiger partial charge in [0.1, 0.15) is 0 Å². The number of hydrogen-bond acceptors (Lipinski definition) is 0. The van der Waals surface area contributed by atoms with E-state index in [-0.39, 0.29) is 72.9 Å². The number of rotatable bonds is 0. The Morgan fingerprint density at radius 3 is 0.600 bits per heavy atom. The average molecular weight is 568 g/mol. The molecule has 0 aromatic rings. The molecule has 64 valence electrons. The summed E-state index contributed by atoms with van der Waals surface area (Å²) in [5.74, 6) is 0. The van der Waals surface area contributed by atoms with Gasteiger partial charge in [-0.15, -0.1) is 0 Å². The molecule has 0 saturated heterocycles. The second-order valence-corrected chi connectivity index (χ2v) is 9.00. The summed E-state index contributed by atoms with van der Waals surface area (Å²) in [4.78, 5) is 0. The van der Waals surface area contributed by atoms with Gasteiger partial charge >= 0.3 is 0 Å². The monoisotopic (exact) mass is 568 g/mol. The van der Waals surface area contributed by atoms with Crippen LogP contribution in [-0.4, -0.2) is 70.0 Å². The van der Waals surface area contributed by atoms with Crippen molar-refractivity contribution in [2.24, 2.45) is 0 Å². The van der Waals surface area contributed by atoms with Gasteiger partial charge in [-0.1, -0.05) is 39.3 Å². The molecule has 10 heavy (non-hydrogen) atoms. The van der Waals surface area contributed by atoms with Crippen molar-refractivity contribution in [2.45, 2.75) is 39.3 Å². The third kappa shape index (κ3) is 178. The molecule has 0 aliphatic rings. The van der Waals surface area contributed by atoms with Crippen molar-refractivity contribution in [3.8, 4) is 0 Å². The maximum atomic E-state index is 2.27. The summed E-state index contributed by atoms with van der Waals surface area (Å²) in [6, 6.07) is 0. The SMILES string of the molecule is C[Si](C)C.C[Si](C)C.[Bi].[Bi].[HH].[HH]. The fourth-order valence-corrected chi connectivity index (χ4v) is 0. The standard InChI is InChI=1S/2C3H9Si.2Bi.2H2/c2*1-4(2)3;;;;/h2*1-3H3;;;2*1H. The molecule has 0 amide bonds. The topological polar surface area (TPSA) is 0 Å². The molecule has 0 aromatic carbocycles. The van der Waals surface area contributed by atoms with Crippen LogP contribution in [0, 0.1) is 0 Å². The zero-order chi connectivity index (χ0) is 7.15. The van der Waals surface area contributed by atoms with Crippen LogP contribution >= 0.6 is 0 Å². The predicted molar refractivity (Wildman–Crippen MR) is 62.4 cm³/mol. The van der Waals surface area contributed by atoms with Gasteiger partial charge in [0, 0.05) is 72.9 Å². The molecule has 0 unspecified atom stereocenters. The minimum Gasteiger partial charge on any atom is -0.0715 e. The van der Waals surface area contributed by atoms with Crippen LogP contribution in [0.15, 0.2) is 0 Å². The van der Waals surface area contributed by atoms with Gasteiger partial charge in [-0.3, -0.25) is 0 Å². The molecule has 0 heterocycles. The van der Waals surface area contributed by atoms with Gasteiger partial charge in [-0.2, -0.15) is 0 Å². The van der Waals surface area contributed by atoms with Crippen molar-refractivity contribution in [3.05, 3.63) is 0 Å². The second-order valence-electron chi connectivity index (χ2n) is 3.00. The first-order chi connectivity index (χ1) is 3.46. The molecule has 8 radical (unpaired) electrons. The molecule has 0 aromatic heterocycles. The molecule has 0 nitrogen and oxygen atoms in total. The minimum atomic E-state index is 0. The quantitative estimate of drug-likeness (QED) is 0.395. The summed E-state index contributed by atoms with van der Waals surface area (Å²) in [7, 11) is 0.241. The summed E-state index contributed by atoms with van der Waals surface area (Å²) in [5, 5.41) is 0. The van der Waals surface area contributed by atoms with Crippen molar-refractivity contribution in [1.29, 1.82) is 0 Å². The third-order valence-corrected chi connectivity index (χ3v) is 0. The van der Waals surface area contributed by atoms with Gasteiger partial charge < -0.3 is 0 Å². The average Bonchev–Trinajstić information content (AvgIpc) is 1.25. The van der Waals surface area contributed by atoms with Crippen molar-refractivity contribution < 1.29 is 2.85 Å². The Hall–Kier alpha value is 2.20. The van der Waals surface area contributed by atoms with E-state index in [0.29, 0.717) is 0 Å². The molecule has 0 N–H and O–H groups in total. The molecule has 0 atom stereocenters. The van der Waals surface area contributed by atoms with Crippen LogP contribution in [-0.2, 0) is 0 Å². The van der Waals surface area contributed by atoms with Gasteiger partial charge in [0.2, 0.25) is 0 Å². The van der Waals surface area contributed by atoms with Crippen LogP contribution in [0.5, 0.6) is 0 Å². The number of hydrogen-bond donors (Lipinski definition) is 0. The van der Waals surface area contributed by atoms with E-state index in [1.807, 2.05) is 0 Å². The minimum absolute atomic E-state index is 0. The van der Waals surface area contributed by atoms with E-state index in [1.165, 1.54) is 0 Å². The summed E-state index contributed by atoms with van der Waals surface area (Å²) < 4.78 is 0. The molecule has 0 saturated carbocycles. The summed E-state index contributed by atoms with van der Waals surface area (Å²) in [6.07, 6.45) is 0. The second kappa shape index (κ2) is 17.3. The van der Waals surface area contributed by atoms with Crippen molar-refractivity contribution >= 4 is 70.0 Å². The maximum absolute atomic E-state index is 2.27. The molecule has 0 aliphatic heterocycles. The Balaban J connectivity index is -0.0000000112. The van der Waals surface area contributed by atoms with Crippen LogP contribution in [0.3, 0.4) is 0 Å². The van der Waals surface area contributed by atoms with Gasteiger partial charge in [0.25, 0.3) is 0 Å². The van der Waals surface area contributed by atoms with Crippen LogP contribution in [0.2, 0.25) is 39.3 Å².